The third-order valence-electron chi connectivity index (χ3n) is 4.86. The summed E-state index contributed by atoms with van der Waals surface area (Å²) in [4.78, 5) is 22.3. The molecule has 1 aromatic carbocycles. The highest BCUT2D eigenvalue weighted by atomic mass is 15.5. The third kappa shape index (κ3) is 2.90. The van der Waals surface area contributed by atoms with Crippen LogP contribution in [0.1, 0.15) is 5.69 Å². The molecule has 0 amide bonds. The normalized spacial score (nSPS) is 14.6. The van der Waals surface area contributed by atoms with Gasteiger partial charge in [0.25, 0.3) is 0 Å². The summed E-state index contributed by atoms with van der Waals surface area (Å²) in [6.45, 7) is 5.24. The molecule has 0 saturated carbocycles. The molecule has 0 aliphatic carbocycles. The van der Waals surface area contributed by atoms with Gasteiger partial charge in [-0.25, -0.2) is 19.9 Å². The van der Waals surface area contributed by atoms with Gasteiger partial charge in [-0.1, -0.05) is 23.4 Å². The number of fused-ring (bicyclic) bond motifs is 1. The Kier molecular flexibility index (Phi) is 4.04. The van der Waals surface area contributed by atoms with Gasteiger partial charge in [0, 0.05) is 38.1 Å². The maximum absolute atomic E-state index is 4.53. The van der Waals surface area contributed by atoms with Crippen LogP contribution in [-0.2, 0) is 0 Å². The van der Waals surface area contributed by atoms with Crippen LogP contribution in [0.25, 0.3) is 16.9 Å². The number of para-hydroxylation sites is 1. The molecule has 0 spiro atoms. The van der Waals surface area contributed by atoms with E-state index < -0.39 is 0 Å². The Bertz CT molecular complexity index is 1100. The van der Waals surface area contributed by atoms with E-state index in [1.807, 2.05) is 43.3 Å². The molecule has 1 aliphatic heterocycles. The van der Waals surface area contributed by atoms with E-state index in [9.17, 15) is 0 Å². The average Bonchev–Trinajstić information content (AvgIpc) is 3.19. The van der Waals surface area contributed by atoms with Gasteiger partial charge in [0.1, 0.15) is 6.33 Å². The second kappa shape index (κ2) is 6.84. The van der Waals surface area contributed by atoms with Crippen LogP contribution >= 0.6 is 0 Å². The Morgan fingerprint density at radius 3 is 2.43 bits per heavy atom. The van der Waals surface area contributed by atoms with Crippen molar-refractivity contribution in [2.45, 2.75) is 6.92 Å². The van der Waals surface area contributed by atoms with Crippen molar-refractivity contribution in [1.29, 1.82) is 0 Å². The molecule has 0 N–H and O–H groups in total. The van der Waals surface area contributed by atoms with Crippen molar-refractivity contribution in [1.82, 2.24) is 34.9 Å². The zero-order valence-corrected chi connectivity index (χ0v) is 15.5. The fourth-order valence-electron chi connectivity index (χ4n) is 3.42. The van der Waals surface area contributed by atoms with Gasteiger partial charge in [-0.2, -0.15) is 4.68 Å². The summed E-state index contributed by atoms with van der Waals surface area (Å²) in [5, 5.41) is 8.67. The zero-order chi connectivity index (χ0) is 18.9. The molecule has 0 unspecified atom stereocenters. The first-order valence-electron chi connectivity index (χ1n) is 9.21. The Labute approximate surface area is 161 Å². The molecule has 3 aromatic heterocycles. The fourth-order valence-corrected chi connectivity index (χ4v) is 3.42. The quantitative estimate of drug-likeness (QED) is 0.535. The smallest absolute Gasteiger partial charge is 0.225 e. The molecule has 9 nitrogen and oxygen atoms in total. The van der Waals surface area contributed by atoms with Crippen molar-refractivity contribution in [2.75, 3.05) is 36.0 Å². The van der Waals surface area contributed by atoms with Crippen LogP contribution in [0.3, 0.4) is 0 Å². The SMILES string of the molecule is Cc1ccnc(N2CCN(c3ncnc4c3nnn4-c3ccccc3)CC2)n1. The number of hydrogen-bond acceptors (Lipinski definition) is 8. The molecule has 4 heterocycles. The van der Waals surface area contributed by atoms with E-state index in [-0.39, 0.29) is 0 Å². The standard InChI is InChI=1S/C19H19N9/c1-14-7-8-20-19(23-14)27-11-9-26(10-12-27)17-16-18(22-13-21-17)28(25-24-16)15-5-3-2-4-6-15/h2-8,13H,9-12H2,1H3. The maximum atomic E-state index is 4.53. The number of rotatable bonds is 3. The van der Waals surface area contributed by atoms with Crippen LogP contribution in [0.15, 0.2) is 48.9 Å². The Morgan fingerprint density at radius 1 is 0.857 bits per heavy atom. The third-order valence-corrected chi connectivity index (χ3v) is 4.86. The lowest BCUT2D eigenvalue weighted by molar-refractivity contribution is 0.634. The van der Waals surface area contributed by atoms with Gasteiger partial charge < -0.3 is 9.80 Å². The van der Waals surface area contributed by atoms with Crippen LogP contribution in [0.2, 0.25) is 0 Å². The van der Waals surface area contributed by atoms with Gasteiger partial charge in [0.05, 0.1) is 5.69 Å². The first-order chi connectivity index (χ1) is 13.8. The van der Waals surface area contributed by atoms with Gasteiger partial charge in [-0.3, -0.25) is 0 Å². The minimum absolute atomic E-state index is 0.709. The van der Waals surface area contributed by atoms with Crippen molar-refractivity contribution >= 4 is 22.9 Å². The molecule has 9 heteroatoms. The van der Waals surface area contributed by atoms with E-state index in [0.29, 0.717) is 11.2 Å². The number of piperazine rings is 1. The molecular weight excluding hydrogens is 354 g/mol. The van der Waals surface area contributed by atoms with Gasteiger partial charge in [0.2, 0.25) is 5.95 Å². The number of benzene rings is 1. The Morgan fingerprint density at radius 2 is 1.64 bits per heavy atom. The number of aryl methyl sites for hydroxylation is 1. The highest BCUT2D eigenvalue weighted by molar-refractivity contribution is 5.83. The summed E-state index contributed by atoms with van der Waals surface area (Å²) in [6.07, 6.45) is 3.39. The molecule has 28 heavy (non-hydrogen) atoms. The summed E-state index contributed by atoms with van der Waals surface area (Å²) >= 11 is 0. The summed E-state index contributed by atoms with van der Waals surface area (Å²) in [7, 11) is 0. The minimum Gasteiger partial charge on any atom is -0.351 e. The summed E-state index contributed by atoms with van der Waals surface area (Å²) in [5.74, 6) is 1.60. The molecule has 0 atom stereocenters. The number of anilines is 2. The molecule has 1 fully saturated rings. The average molecular weight is 373 g/mol. The van der Waals surface area contributed by atoms with E-state index >= 15 is 0 Å². The van der Waals surface area contributed by atoms with Gasteiger partial charge in [-0.15, -0.1) is 5.10 Å². The fraction of sp³-hybridized carbons (Fsp3) is 0.263. The highest BCUT2D eigenvalue weighted by Crippen LogP contribution is 2.24. The van der Waals surface area contributed by atoms with E-state index in [4.69, 9.17) is 0 Å². The van der Waals surface area contributed by atoms with Crippen molar-refractivity contribution < 1.29 is 0 Å². The predicted molar refractivity (Wildman–Crippen MR) is 106 cm³/mol. The van der Waals surface area contributed by atoms with Gasteiger partial charge in [-0.05, 0) is 25.1 Å². The van der Waals surface area contributed by atoms with Crippen LogP contribution in [0.4, 0.5) is 11.8 Å². The predicted octanol–water partition coefficient (Wildman–Crippen LogP) is 1.64. The first-order valence-corrected chi connectivity index (χ1v) is 9.21. The van der Waals surface area contributed by atoms with Crippen molar-refractivity contribution in [3.8, 4) is 5.69 Å². The molecule has 0 bridgehead atoms. The lowest BCUT2D eigenvalue weighted by Gasteiger charge is -2.35. The number of hydrogen-bond donors (Lipinski definition) is 0. The van der Waals surface area contributed by atoms with Gasteiger partial charge in [0.15, 0.2) is 17.0 Å². The van der Waals surface area contributed by atoms with E-state index in [1.165, 1.54) is 0 Å². The molecule has 4 aromatic rings. The molecule has 0 radical (unpaired) electrons. The van der Waals surface area contributed by atoms with Crippen LogP contribution in [0.5, 0.6) is 0 Å². The summed E-state index contributed by atoms with van der Waals surface area (Å²) in [6, 6.07) is 11.8. The summed E-state index contributed by atoms with van der Waals surface area (Å²) in [5.41, 5.74) is 3.32. The second-order valence-electron chi connectivity index (χ2n) is 6.68. The zero-order valence-electron chi connectivity index (χ0n) is 15.5. The monoisotopic (exact) mass is 373 g/mol. The Hall–Kier alpha value is -3.62. The summed E-state index contributed by atoms with van der Waals surface area (Å²) < 4.78 is 1.75. The van der Waals surface area contributed by atoms with Crippen molar-refractivity contribution in [3.05, 3.63) is 54.6 Å². The molecular formula is C19H19N9. The number of aromatic nitrogens is 7. The largest absolute Gasteiger partial charge is 0.351 e. The van der Waals surface area contributed by atoms with E-state index in [0.717, 1.165) is 49.3 Å². The molecule has 5 rings (SSSR count). The van der Waals surface area contributed by atoms with Crippen LogP contribution in [-0.4, -0.2) is 61.1 Å². The molecule has 1 aliphatic rings. The second-order valence-corrected chi connectivity index (χ2v) is 6.68. The number of nitrogens with zero attached hydrogens (tertiary/aromatic N) is 9. The van der Waals surface area contributed by atoms with Crippen molar-refractivity contribution in [2.24, 2.45) is 0 Å². The van der Waals surface area contributed by atoms with E-state index in [1.54, 1.807) is 17.2 Å². The van der Waals surface area contributed by atoms with Gasteiger partial charge >= 0.3 is 0 Å². The lowest BCUT2D eigenvalue weighted by Crippen LogP contribution is -2.47. The highest BCUT2D eigenvalue weighted by Gasteiger charge is 2.23. The van der Waals surface area contributed by atoms with Crippen LogP contribution in [0, 0.1) is 6.92 Å². The van der Waals surface area contributed by atoms with Crippen molar-refractivity contribution in [3.63, 3.8) is 0 Å². The Balaban J connectivity index is 1.41. The maximum Gasteiger partial charge on any atom is 0.225 e. The molecule has 1 saturated heterocycles. The molecule has 140 valence electrons. The minimum atomic E-state index is 0.709. The first kappa shape index (κ1) is 16.5. The lowest BCUT2D eigenvalue weighted by atomic mass is 10.3. The van der Waals surface area contributed by atoms with E-state index in [2.05, 4.69) is 40.0 Å². The van der Waals surface area contributed by atoms with Crippen LogP contribution < -0.4 is 9.80 Å². The topological polar surface area (TPSA) is 88.8 Å².